The van der Waals surface area contributed by atoms with Crippen LogP contribution < -0.4 is 10.2 Å². The summed E-state index contributed by atoms with van der Waals surface area (Å²) in [6.07, 6.45) is 0. The second-order valence-corrected chi connectivity index (χ2v) is 8.13. The van der Waals surface area contributed by atoms with Gasteiger partial charge in [0, 0.05) is 63.0 Å². The Morgan fingerprint density at radius 3 is 2.55 bits per heavy atom. The number of aromatic nitrogens is 1. The topological polar surface area (TPSA) is 91.6 Å². The molecule has 0 atom stereocenters. The number of fused-ring (bicyclic) bond motifs is 1. The number of nitrogens with one attached hydrogen (secondary N) is 1. The maximum Gasteiger partial charge on any atom is 0.269 e. The number of non-ortho nitro benzene ring substituents is 1. The highest BCUT2D eigenvalue weighted by Crippen LogP contribution is 2.31. The molecule has 2 heterocycles. The summed E-state index contributed by atoms with van der Waals surface area (Å²) < 4.78 is 27.8. The van der Waals surface area contributed by atoms with Gasteiger partial charge in [-0.15, -0.1) is 0 Å². The van der Waals surface area contributed by atoms with Gasteiger partial charge in [0.05, 0.1) is 9.62 Å². The molecule has 0 spiro atoms. The number of rotatable bonds is 6. The predicted octanol–water partition coefficient (Wildman–Crippen LogP) is 3.03. The van der Waals surface area contributed by atoms with Gasteiger partial charge < -0.3 is 10.2 Å². The van der Waals surface area contributed by atoms with Crippen molar-refractivity contribution in [1.82, 2.24) is 15.2 Å². The lowest BCUT2D eigenvalue weighted by Crippen LogP contribution is -2.48. The molecule has 0 aliphatic carbocycles. The van der Waals surface area contributed by atoms with Crippen LogP contribution in [0.5, 0.6) is 0 Å². The number of nitro groups is 1. The Labute approximate surface area is 180 Å². The molecule has 3 aromatic rings. The van der Waals surface area contributed by atoms with E-state index in [-0.39, 0.29) is 17.1 Å². The van der Waals surface area contributed by atoms with Gasteiger partial charge in [-0.3, -0.25) is 19.8 Å². The molecule has 1 aliphatic rings. The number of carbonyl (C=O) groups is 1. The standard InChI is InChI=1S/C20H19F2N5O3S/c21-14-11-16(22)18-17(12-14)31-20(24-18)26-9-7-25(8-10-26)6-5-23-19(28)13-1-3-15(4-2-13)27(29)30/h1-4,11-12H,5-10H2,(H,23,28). The number of anilines is 1. The Hall–Kier alpha value is -3.18. The monoisotopic (exact) mass is 447 g/mol. The van der Waals surface area contributed by atoms with Crippen LogP contribution in [0.2, 0.25) is 0 Å². The molecule has 4 rings (SSSR count). The lowest BCUT2D eigenvalue weighted by Gasteiger charge is -2.34. The first-order valence-corrected chi connectivity index (χ1v) is 10.5. The van der Waals surface area contributed by atoms with Gasteiger partial charge >= 0.3 is 0 Å². The van der Waals surface area contributed by atoms with E-state index in [1.807, 2.05) is 4.90 Å². The van der Waals surface area contributed by atoms with Gasteiger partial charge in [0.15, 0.2) is 10.9 Å². The van der Waals surface area contributed by atoms with Crippen molar-refractivity contribution in [2.45, 2.75) is 0 Å². The summed E-state index contributed by atoms with van der Waals surface area (Å²) in [6, 6.07) is 7.60. The Kier molecular flexibility index (Phi) is 6.05. The van der Waals surface area contributed by atoms with Crippen LogP contribution in [0.25, 0.3) is 10.2 Å². The second-order valence-electron chi connectivity index (χ2n) is 7.12. The smallest absolute Gasteiger partial charge is 0.269 e. The highest BCUT2D eigenvalue weighted by Gasteiger charge is 2.21. The predicted molar refractivity (Wildman–Crippen MR) is 114 cm³/mol. The molecule has 2 aromatic carbocycles. The maximum atomic E-state index is 13.9. The summed E-state index contributed by atoms with van der Waals surface area (Å²) in [5.74, 6) is -1.54. The highest BCUT2D eigenvalue weighted by atomic mass is 32.1. The van der Waals surface area contributed by atoms with Crippen molar-refractivity contribution in [1.29, 1.82) is 0 Å². The number of hydrogen-bond donors (Lipinski definition) is 1. The van der Waals surface area contributed by atoms with E-state index in [9.17, 15) is 23.7 Å². The third-order valence-corrected chi connectivity index (χ3v) is 6.16. The first-order chi connectivity index (χ1) is 14.9. The Morgan fingerprint density at radius 1 is 1.16 bits per heavy atom. The van der Waals surface area contributed by atoms with E-state index in [1.54, 1.807) is 0 Å². The molecular weight excluding hydrogens is 428 g/mol. The van der Waals surface area contributed by atoms with Crippen molar-refractivity contribution < 1.29 is 18.5 Å². The number of halogens is 2. The normalized spacial score (nSPS) is 14.7. The molecule has 0 saturated carbocycles. The SMILES string of the molecule is O=C(NCCN1CCN(c2nc3c(F)cc(F)cc3s2)CC1)c1ccc([N+](=O)[O-])cc1. The van der Waals surface area contributed by atoms with Crippen molar-refractivity contribution in [3.8, 4) is 0 Å². The molecule has 1 amide bonds. The fraction of sp³-hybridized carbons (Fsp3) is 0.300. The van der Waals surface area contributed by atoms with Crippen molar-refractivity contribution in [2.24, 2.45) is 0 Å². The quantitative estimate of drug-likeness (QED) is 0.461. The Bertz CT molecular complexity index is 1110. The molecule has 1 N–H and O–H groups in total. The average molecular weight is 447 g/mol. The zero-order chi connectivity index (χ0) is 22.0. The minimum absolute atomic E-state index is 0.0598. The van der Waals surface area contributed by atoms with Crippen LogP contribution in [0.3, 0.4) is 0 Å². The minimum atomic E-state index is -0.653. The summed E-state index contributed by atoms with van der Waals surface area (Å²) in [5, 5.41) is 14.2. The third-order valence-electron chi connectivity index (χ3n) is 5.10. The number of nitro benzene ring substituents is 1. The first-order valence-electron chi connectivity index (χ1n) is 9.66. The fourth-order valence-corrected chi connectivity index (χ4v) is 4.46. The van der Waals surface area contributed by atoms with Gasteiger partial charge in [0.1, 0.15) is 11.3 Å². The van der Waals surface area contributed by atoms with E-state index in [2.05, 4.69) is 15.2 Å². The molecule has 0 unspecified atom stereocenters. The van der Waals surface area contributed by atoms with Crippen LogP contribution in [0, 0.1) is 21.7 Å². The van der Waals surface area contributed by atoms with E-state index in [4.69, 9.17) is 0 Å². The fourth-order valence-electron chi connectivity index (χ4n) is 3.41. The van der Waals surface area contributed by atoms with Crippen molar-refractivity contribution >= 4 is 38.3 Å². The molecule has 8 nitrogen and oxygen atoms in total. The average Bonchev–Trinajstić information content (AvgIpc) is 3.18. The number of piperazine rings is 1. The van der Waals surface area contributed by atoms with Crippen LogP contribution in [-0.4, -0.2) is 60.0 Å². The van der Waals surface area contributed by atoms with E-state index in [1.165, 1.54) is 41.7 Å². The second kappa shape index (κ2) is 8.90. The highest BCUT2D eigenvalue weighted by molar-refractivity contribution is 7.22. The summed E-state index contributed by atoms with van der Waals surface area (Å²) in [6.45, 7) is 3.99. The van der Waals surface area contributed by atoms with Gasteiger partial charge in [0.25, 0.3) is 11.6 Å². The van der Waals surface area contributed by atoms with E-state index >= 15 is 0 Å². The van der Waals surface area contributed by atoms with Gasteiger partial charge in [-0.2, -0.15) is 0 Å². The number of nitrogens with zero attached hydrogens (tertiary/aromatic N) is 4. The molecule has 31 heavy (non-hydrogen) atoms. The number of carbonyl (C=O) groups excluding carboxylic acids is 1. The lowest BCUT2D eigenvalue weighted by molar-refractivity contribution is -0.384. The van der Waals surface area contributed by atoms with Crippen LogP contribution in [0.4, 0.5) is 19.6 Å². The molecule has 1 fully saturated rings. The zero-order valence-electron chi connectivity index (χ0n) is 16.4. The first kappa shape index (κ1) is 21.1. The van der Waals surface area contributed by atoms with Crippen molar-refractivity contribution in [3.63, 3.8) is 0 Å². The van der Waals surface area contributed by atoms with Crippen LogP contribution in [-0.2, 0) is 0 Å². The number of benzene rings is 2. The molecule has 0 radical (unpaired) electrons. The Balaban J connectivity index is 1.25. The van der Waals surface area contributed by atoms with Gasteiger partial charge in [0.2, 0.25) is 0 Å². The van der Waals surface area contributed by atoms with Crippen LogP contribution in [0.1, 0.15) is 10.4 Å². The molecule has 11 heteroatoms. The minimum Gasteiger partial charge on any atom is -0.351 e. The van der Waals surface area contributed by atoms with Gasteiger partial charge in [-0.05, 0) is 18.2 Å². The van der Waals surface area contributed by atoms with E-state index in [0.29, 0.717) is 41.6 Å². The van der Waals surface area contributed by atoms with Gasteiger partial charge in [-0.1, -0.05) is 11.3 Å². The lowest BCUT2D eigenvalue weighted by atomic mass is 10.2. The summed E-state index contributed by atoms with van der Waals surface area (Å²) >= 11 is 1.27. The maximum absolute atomic E-state index is 13.9. The molecule has 162 valence electrons. The number of amides is 1. The van der Waals surface area contributed by atoms with Crippen molar-refractivity contribution in [3.05, 3.63) is 63.7 Å². The van der Waals surface area contributed by atoms with Crippen molar-refractivity contribution in [2.75, 3.05) is 44.2 Å². The van der Waals surface area contributed by atoms with Crippen LogP contribution >= 0.6 is 11.3 Å². The molecule has 1 aliphatic heterocycles. The van der Waals surface area contributed by atoms with E-state index in [0.717, 1.165) is 19.2 Å². The molecule has 1 saturated heterocycles. The molecular formula is C20H19F2N5O3S. The number of thiazole rings is 1. The van der Waals surface area contributed by atoms with Gasteiger partial charge in [-0.25, -0.2) is 13.8 Å². The van der Waals surface area contributed by atoms with E-state index < -0.39 is 16.6 Å². The molecule has 1 aromatic heterocycles. The van der Waals surface area contributed by atoms with Crippen LogP contribution in [0.15, 0.2) is 36.4 Å². The summed E-state index contributed by atoms with van der Waals surface area (Å²) in [5.41, 5.74) is 0.503. The zero-order valence-corrected chi connectivity index (χ0v) is 17.2. The molecule has 0 bridgehead atoms. The summed E-state index contributed by atoms with van der Waals surface area (Å²) in [4.78, 5) is 30.9. The Morgan fingerprint density at radius 2 is 1.87 bits per heavy atom. The third kappa shape index (κ3) is 4.78. The largest absolute Gasteiger partial charge is 0.351 e. The summed E-state index contributed by atoms with van der Waals surface area (Å²) in [7, 11) is 0. The number of hydrogen-bond acceptors (Lipinski definition) is 7.